The second-order valence-electron chi connectivity index (χ2n) is 4.33. The molecule has 1 saturated heterocycles. The highest BCUT2D eigenvalue weighted by Gasteiger charge is 2.20. The summed E-state index contributed by atoms with van der Waals surface area (Å²) in [5.74, 6) is 1.19. The third kappa shape index (κ3) is 2.36. The Morgan fingerprint density at radius 1 is 1.50 bits per heavy atom. The minimum atomic E-state index is 0.393. The maximum absolute atomic E-state index is 5.65. The van der Waals surface area contributed by atoms with Gasteiger partial charge in [0.05, 0.1) is 5.69 Å². The highest BCUT2D eigenvalue weighted by molar-refractivity contribution is 5.61. The molecule has 0 aromatic carbocycles. The number of aromatic nitrogens is 1. The molecule has 0 aliphatic carbocycles. The first kappa shape index (κ1) is 11.0. The second kappa shape index (κ2) is 4.57. The molecule has 0 bridgehead atoms. The second-order valence-corrected chi connectivity index (χ2v) is 4.33. The number of hydrogen-bond acceptors (Lipinski definition) is 5. The fraction of sp³-hybridized carbons (Fsp3) is 0.545. The highest BCUT2D eigenvalue weighted by Crippen LogP contribution is 2.17. The summed E-state index contributed by atoms with van der Waals surface area (Å²) in [6.45, 7) is 2.09. The minimum absolute atomic E-state index is 0.393. The van der Waals surface area contributed by atoms with Crippen LogP contribution in [0.15, 0.2) is 12.1 Å². The number of anilines is 3. The maximum atomic E-state index is 5.65. The molecule has 1 aromatic rings. The molecule has 0 spiro atoms. The van der Waals surface area contributed by atoms with E-state index in [9.17, 15) is 0 Å². The molecule has 88 valence electrons. The summed E-state index contributed by atoms with van der Waals surface area (Å²) in [4.78, 5) is 6.55. The summed E-state index contributed by atoms with van der Waals surface area (Å²) >= 11 is 0. The van der Waals surface area contributed by atoms with Gasteiger partial charge in [-0.1, -0.05) is 0 Å². The van der Waals surface area contributed by atoms with Gasteiger partial charge in [0.2, 0.25) is 0 Å². The smallest absolute Gasteiger partial charge is 0.149 e. The number of pyridine rings is 1. The number of rotatable bonds is 3. The van der Waals surface area contributed by atoms with Gasteiger partial charge in [-0.3, -0.25) is 0 Å². The number of likely N-dealkylation sites (N-methyl/N-ethyl adjacent to an activating group) is 1. The van der Waals surface area contributed by atoms with Crippen LogP contribution in [0.2, 0.25) is 0 Å². The van der Waals surface area contributed by atoms with Crippen molar-refractivity contribution in [1.82, 2.24) is 9.88 Å². The van der Waals surface area contributed by atoms with Crippen LogP contribution >= 0.6 is 0 Å². The predicted molar refractivity (Wildman–Crippen MR) is 67.2 cm³/mol. The first-order valence-corrected chi connectivity index (χ1v) is 5.63. The van der Waals surface area contributed by atoms with Crippen molar-refractivity contribution < 1.29 is 0 Å². The van der Waals surface area contributed by atoms with Crippen LogP contribution in [-0.2, 0) is 0 Å². The Labute approximate surface area is 95.8 Å². The Morgan fingerprint density at radius 2 is 2.31 bits per heavy atom. The third-order valence-corrected chi connectivity index (χ3v) is 3.15. The van der Waals surface area contributed by atoms with Crippen LogP contribution in [0.4, 0.5) is 17.3 Å². The summed E-state index contributed by atoms with van der Waals surface area (Å²) in [5.41, 5.74) is 11.8. The minimum Gasteiger partial charge on any atom is -0.396 e. The molecule has 5 N–H and O–H groups in total. The summed E-state index contributed by atoms with van der Waals surface area (Å²) in [5, 5.41) is 3.30. The number of likely N-dealkylation sites (tertiary alicyclic amines) is 1. The van der Waals surface area contributed by atoms with Crippen LogP contribution in [0.3, 0.4) is 0 Å². The molecule has 1 aliphatic heterocycles. The SMILES string of the molecule is CN1CCCC1CNc1ccc(N)c(N)n1. The van der Waals surface area contributed by atoms with Crippen LogP contribution in [0.1, 0.15) is 12.8 Å². The zero-order chi connectivity index (χ0) is 11.5. The Morgan fingerprint density at radius 3 is 2.94 bits per heavy atom. The lowest BCUT2D eigenvalue weighted by atomic mass is 10.2. The largest absolute Gasteiger partial charge is 0.396 e. The molecule has 1 atom stereocenters. The Balaban J connectivity index is 1.91. The van der Waals surface area contributed by atoms with Crippen LogP contribution in [0.25, 0.3) is 0 Å². The zero-order valence-electron chi connectivity index (χ0n) is 9.61. The Bertz CT molecular complexity index is 365. The molecule has 2 rings (SSSR count). The van der Waals surface area contributed by atoms with Gasteiger partial charge in [0, 0.05) is 12.6 Å². The van der Waals surface area contributed by atoms with Gasteiger partial charge in [0.25, 0.3) is 0 Å². The maximum Gasteiger partial charge on any atom is 0.149 e. The van der Waals surface area contributed by atoms with Gasteiger partial charge < -0.3 is 21.7 Å². The van der Waals surface area contributed by atoms with Gasteiger partial charge in [-0.2, -0.15) is 0 Å². The quantitative estimate of drug-likeness (QED) is 0.702. The molecular formula is C11H19N5. The van der Waals surface area contributed by atoms with Crippen molar-refractivity contribution in [1.29, 1.82) is 0 Å². The van der Waals surface area contributed by atoms with E-state index in [-0.39, 0.29) is 0 Å². The molecule has 1 unspecified atom stereocenters. The van der Waals surface area contributed by atoms with Crippen LogP contribution in [-0.4, -0.2) is 36.1 Å². The lowest BCUT2D eigenvalue weighted by Gasteiger charge is -2.20. The topological polar surface area (TPSA) is 80.2 Å². The van der Waals surface area contributed by atoms with Gasteiger partial charge in [-0.05, 0) is 38.6 Å². The van der Waals surface area contributed by atoms with Crippen molar-refractivity contribution in [2.24, 2.45) is 0 Å². The highest BCUT2D eigenvalue weighted by atomic mass is 15.2. The number of nitrogens with two attached hydrogens (primary N) is 2. The van der Waals surface area contributed by atoms with Gasteiger partial charge in [-0.15, -0.1) is 0 Å². The first-order valence-electron chi connectivity index (χ1n) is 5.63. The van der Waals surface area contributed by atoms with E-state index >= 15 is 0 Å². The van der Waals surface area contributed by atoms with Crippen LogP contribution < -0.4 is 16.8 Å². The van der Waals surface area contributed by atoms with Crippen molar-refractivity contribution in [3.05, 3.63) is 12.1 Å². The predicted octanol–water partition coefficient (Wildman–Crippen LogP) is 0.752. The van der Waals surface area contributed by atoms with Gasteiger partial charge in [-0.25, -0.2) is 4.98 Å². The van der Waals surface area contributed by atoms with Crippen molar-refractivity contribution >= 4 is 17.3 Å². The van der Waals surface area contributed by atoms with Crippen molar-refractivity contribution in [2.75, 3.05) is 36.9 Å². The van der Waals surface area contributed by atoms with Crippen molar-refractivity contribution in [2.45, 2.75) is 18.9 Å². The number of nitrogen functional groups attached to an aromatic ring is 2. The lowest BCUT2D eigenvalue weighted by Crippen LogP contribution is -2.31. The van der Waals surface area contributed by atoms with E-state index in [0.717, 1.165) is 12.4 Å². The summed E-state index contributed by atoms with van der Waals surface area (Å²) in [6, 6.07) is 4.24. The van der Waals surface area contributed by atoms with Gasteiger partial charge in [0.15, 0.2) is 0 Å². The van der Waals surface area contributed by atoms with E-state index in [2.05, 4.69) is 22.2 Å². The van der Waals surface area contributed by atoms with Gasteiger partial charge in [0.1, 0.15) is 11.6 Å². The van der Waals surface area contributed by atoms with E-state index in [1.165, 1.54) is 19.4 Å². The summed E-state index contributed by atoms with van der Waals surface area (Å²) < 4.78 is 0. The molecule has 1 aromatic heterocycles. The lowest BCUT2D eigenvalue weighted by molar-refractivity contribution is 0.322. The molecule has 0 radical (unpaired) electrons. The van der Waals surface area contributed by atoms with Crippen LogP contribution in [0, 0.1) is 0 Å². The average Bonchev–Trinajstić information content (AvgIpc) is 2.66. The normalized spacial score (nSPS) is 21.2. The molecule has 5 nitrogen and oxygen atoms in total. The van der Waals surface area contributed by atoms with Crippen molar-refractivity contribution in [3.63, 3.8) is 0 Å². The monoisotopic (exact) mass is 221 g/mol. The first-order chi connectivity index (χ1) is 7.66. The standard InChI is InChI=1S/C11H19N5/c1-16-6-2-3-8(16)7-14-10-5-4-9(12)11(13)15-10/h4-5,8H,2-3,6-7,12H2,1H3,(H3,13,14,15). The van der Waals surface area contributed by atoms with E-state index in [1.54, 1.807) is 6.07 Å². The fourth-order valence-corrected chi connectivity index (χ4v) is 2.04. The molecule has 2 heterocycles. The molecule has 16 heavy (non-hydrogen) atoms. The van der Waals surface area contributed by atoms with E-state index in [0.29, 0.717) is 17.5 Å². The van der Waals surface area contributed by atoms with Crippen LogP contribution in [0.5, 0.6) is 0 Å². The van der Waals surface area contributed by atoms with Gasteiger partial charge >= 0.3 is 0 Å². The van der Waals surface area contributed by atoms with E-state index in [4.69, 9.17) is 11.5 Å². The number of hydrogen-bond donors (Lipinski definition) is 3. The third-order valence-electron chi connectivity index (χ3n) is 3.15. The van der Waals surface area contributed by atoms with Crippen molar-refractivity contribution in [3.8, 4) is 0 Å². The van der Waals surface area contributed by atoms with E-state index in [1.807, 2.05) is 6.07 Å². The number of nitrogens with zero attached hydrogens (tertiary/aromatic N) is 2. The number of nitrogens with one attached hydrogen (secondary N) is 1. The van der Waals surface area contributed by atoms with E-state index < -0.39 is 0 Å². The average molecular weight is 221 g/mol. The molecular weight excluding hydrogens is 202 g/mol. The molecule has 1 fully saturated rings. The molecule has 0 amide bonds. The fourth-order valence-electron chi connectivity index (χ4n) is 2.04. The Hall–Kier alpha value is -1.49. The summed E-state index contributed by atoms with van der Waals surface area (Å²) in [6.07, 6.45) is 2.52. The summed E-state index contributed by atoms with van der Waals surface area (Å²) in [7, 11) is 2.16. The molecule has 5 heteroatoms. The zero-order valence-corrected chi connectivity index (χ0v) is 9.61. The molecule has 1 aliphatic rings. The molecule has 0 saturated carbocycles. The Kier molecular flexibility index (Phi) is 3.14.